The number of carbonyl (C=O) groups excluding carboxylic acids is 1. The molecular weight excluding hydrogens is 355 g/mol. The van der Waals surface area contributed by atoms with Gasteiger partial charge in [0.25, 0.3) is 0 Å². The van der Waals surface area contributed by atoms with Gasteiger partial charge in [-0.3, -0.25) is 9.10 Å². The Morgan fingerprint density at radius 2 is 1.73 bits per heavy atom. The normalized spacial score (nSPS) is 12.4. The lowest BCUT2D eigenvalue weighted by Gasteiger charge is -2.30. The number of amides is 1. The van der Waals surface area contributed by atoms with Crippen molar-refractivity contribution in [1.29, 1.82) is 0 Å². The van der Waals surface area contributed by atoms with Gasteiger partial charge < -0.3 is 5.32 Å². The number of anilines is 1. The van der Waals surface area contributed by atoms with E-state index in [1.165, 1.54) is 24.3 Å². The summed E-state index contributed by atoms with van der Waals surface area (Å²) in [6.07, 6.45) is 1.82. The number of halogens is 1. The van der Waals surface area contributed by atoms with Crippen molar-refractivity contribution in [2.45, 2.75) is 25.8 Å². The first-order chi connectivity index (χ1) is 12.3. The second-order valence-electron chi connectivity index (χ2n) is 5.96. The van der Waals surface area contributed by atoms with Crippen LogP contribution in [0, 0.1) is 5.82 Å². The number of carbonyl (C=O) groups is 1. The Morgan fingerprint density at radius 1 is 1.12 bits per heavy atom. The summed E-state index contributed by atoms with van der Waals surface area (Å²) in [7, 11) is -3.84. The van der Waals surface area contributed by atoms with Gasteiger partial charge in [0.2, 0.25) is 15.9 Å². The summed E-state index contributed by atoms with van der Waals surface area (Å²) in [6, 6.07) is 14.2. The molecule has 0 aromatic heterocycles. The van der Waals surface area contributed by atoms with Gasteiger partial charge in [0.05, 0.1) is 11.9 Å². The maximum atomic E-state index is 14.2. The second-order valence-corrected chi connectivity index (χ2v) is 7.82. The van der Waals surface area contributed by atoms with Gasteiger partial charge in [-0.2, -0.15) is 0 Å². The highest BCUT2D eigenvalue weighted by molar-refractivity contribution is 7.92. The lowest BCUT2D eigenvalue weighted by Crippen LogP contribution is -2.50. The van der Waals surface area contributed by atoms with Gasteiger partial charge in [0.15, 0.2) is 0 Å². The van der Waals surface area contributed by atoms with E-state index in [2.05, 4.69) is 5.32 Å². The molecule has 0 aliphatic rings. The number of rotatable bonds is 8. The summed E-state index contributed by atoms with van der Waals surface area (Å²) in [5, 5.41) is 2.76. The molecule has 0 radical (unpaired) electrons. The zero-order valence-electron chi connectivity index (χ0n) is 14.9. The van der Waals surface area contributed by atoms with Crippen LogP contribution in [0.1, 0.15) is 18.9 Å². The third kappa shape index (κ3) is 5.05. The van der Waals surface area contributed by atoms with E-state index >= 15 is 0 Å². The average Bonchev–Trinajstić information content (AvgIpc) is 2.60. The predicted octanol–water partition coefficient (Wildman–Crippen LogP) is 2.73. The predicted molar refractivity (Wildman–Crippen MR) is 101 cm³/mol. The molecule has 2 aromatic rings. The summed E-state index contributed by atoms with van der Waals surface area (Å²) >= 11 is 0. The molecule has 26 heavy (non-hydrogen) atoms. The molecule has 0 aliphatic heterocycles. The van der Waals surface area contributed by atoms with Crippen molar-refractivity contribution < 1.29 is 17.6 Å². The SMILES string of the molecule is CCC(C(=O)NCCc1ccccc1)N(c1ccccc1F)S(C)(=O)=O. The van der Waals surface area contributed by atoms with E-state index in [0.717, 1.165) is 16.1 Å². The summed E-state index contributed by atoms with van der Waals surface area (Å²) in [5.41, 5.74) is 0.940. The Bertz CT molecular complexity index is 841. The maximum absolute atomic E-state index is 14.2. The van der Waals surface area contributed by atoms with Crippen molar-refractivity contribution >= 4 is 21.6 Å². The molecule has 2 rings (SSSR count). The van der Waals surface area contributed by atoms with Crippen molar-refractivity contribution in [1.82, 2.24) is 5.32 Å². The van der Waals surface area contributed by atoms with Crippen LogP contribution in [0.25, 0.3) is 0 Å². The van der Waals surface area contributed by atoms with Crippen LogP contribution >= 0.6 is 0 Å². The highest BCUT2D eigenvalue weighted by Crippen LogP contribution is 2.25. The molecule has 7 heteroatoms. The first-order valence-corrected chi connectivity index (χ1v) is 10.2. The van der Waals surface area contributed by atoms with Crippen molar-refractivity contribution in [2.75, 3.05) is 17.1 Å². The Kier molecular flexibility index (Phi) is 6.74. The van der Waals surface area contributed by atoms with E-state index < -0.39 is 27.8 Å². The number of benzene rings is 2. The molecule has 0 aliphatic carbocycles. The third-order valence-electron chi connectivity index (χ3n) is 3.98. The standard InChI is InChI=1S/C19H23FN2O3S/c1-3-17(19(23)21-14-13-15-9-5-4-6-10-15)22(26(2,24)25)18-12-8-7-11-16(18)20/h4-12,17H,3,13-14H2,1-2H3,(H,21,23). The van der Waals surface area contributed by atoms with E-state index in [9.17, 15) is 17.6 Å². The Hall–Kier alpha value is -2.41. The highest BCUT2D eigenvalue weighted by Gasteiger charge is 2.32. The van der Waals surface area contributed by atoms with Gasteiger partial charge in [-0.1, -0.05) is 49.4 Å². The van der Waals surface area contributed by atoms with Gasteiger partial charge >= 0.3 is 0 Å². The molecule has 5 nitrogen and oxygen atoms in total. The first-order valence-electron chi connectivity index (χ1n) is 8.40. The third-order valence-corrected chi connectivity index (χ3v) is 5.14. The number of sulfonamides is 1. The smallest absolute Gasteiger partial charge is 0.243 e. The fourth-order valence-electron chi connectivity index (χ4n) is 2.76. The van der Waals surface area contributed by atoms with Gasteiger partial charge in [-0.25, -0.2) is 12.8 Å². The molecule has 1 unspecified atom stereocenters. The van der Waals surface area contributed by atoms with E-state index in [4.69, 9.17) is 0 Å². The van der Waals surface area contributed by atoms with Crippen molar-refractivity contribution in [2.24, 2.45) is 0 Å². The Morgan fingerprint density at radius 3 is 2.31 bits per heavy atom. The fourth-order valence-corrected chi connectivity index (χ4v) is 3.97. The van der Waals surface area contributed by atoms with Crippen LogP contribution in [-0.2, 0) is 21.2 Å². The molecule has 0 saturated heterocycles. The number of para-hydroxylation sites is 1. The minimum Gasteiger partial charge on any atom is -0.354 e. The van der Waals surface area contributed by atoms with Crippen molar-refractivity contribution in [3.63, 3.8) is 0 Å². The van der Waals surface area contributed by atoms with Crippen LogP contribution < -0.4 is 9.62 Å². The molecular formula is C19H23FN2O3S. The summed E-state index contributed by atoms with van der Waals surface area (Å²) < 4.78 is 39.6. The number of hydrogen-bond donors (Lipinski definition) is 1. The topological polar surface area (TPSA) is 66.5 Å². The zero-order valence-corrected chi connectivity index (χ0v) is 15.7. The van der Waals surface area contributed by atoms with Crippen LogP contribution in [-0.4, -0.2) is 33.2 Å². The summed E-state index contributed by atoms with van der Waals surface area (Å²) in [6.45, 7) is 2.06. The van der Waals surface area contributed by atoms with Crippen LogP contribution in [0.2, 0.25) is 0 Å². The first kappa shape index (κ1) is 19.9. The molecule has 2 aromatic carbocycles. The maximum Gasteiger partial charge on any atom is 0.243 e. The molecule has 0 fully saturated rings. The van der Waals surface area contributed by atoms with Crippen molar-refractivity contribution in [3.05, 3.63) is 66.0 Å². The molecule has 140 valence electrons. The van der Waals surface area contributed by atoms with Gasteiger partial charge in [-0.05, 0) is 30.5 Å². The molecule has 0 heterocycles. The average molecular weight is 378 g/mol. The molecule has 0 saturated carbocycles. The van der Waals surface area contributed by atoms with Crippen LogP contribution in [0.5, 0.6) is 0 Å². The minimum absolute atomic E-state index is 0.125. The van der Waals surface area contributed by atoms with Crippen LogP contribution in [0.3, 0.4) is 0 Å². The van der Waals surface area contributed by atoms with Gasteiger partial charge in [0.1, 0.15) is 11.9 Å². The van der Waals surface area contributed by atoms with E-state index in [-0.39, 0.29) is 12.1 Å². The van der Waals surface area contributed by atoms with E-state index in [1.807, 2.05) is 30.3 Å². The zero-order chi connectivity index (χ0) is 19.2. The fraction of sp³-hybridized carbons (Fsp3) is 0.316. The molecule has 1 N–H and O–H groups in total. The van der Waals surface area contributed by atoms with Gasteiger partial charge in [-0.15, -0.1) is 0 Å². The Labute approximate surface area is 153 Å². The van der Waals surface area contributed by atoms with Crippen LogP contribution in [0.4, 0.5) is 10.1 Å². The molecule has 1 atom stereocenters. The lowest BCUT2D eigenvalue weighted by atomic mass is 10.1. The summed E-state index contributed by atoms with van der Waals surface area (Å²) in [4.78, 5) is 12.6. The number of nitrogens with zero attached hydrogens (tertiary/aromatic N) is 1. The molecule has 0 bridgehead atoms. The monoisotopic (exact) mass is 378 g/mol. The molecule has 1 amide bonds. The van der Waals surface area contributed by atoms with Crippen LogP contribution in [0.15, 0.2) is 54.6 Å². The van der Waals surface area contributed by atoms with Crippen molar-refractivity contribution in [3.8, 4) is 0 Å². The van der Waals surface area contributed by atoms with Gasteiger partial charge in [0, 0.05) is 6.54 Å². The minimum atomic E-state index is -3.84. The number of nitrogens with one attached hydrogen (secondary N) is 1. The van der Waals surface area contributed by atoms with E-state index in [0.29, 0.717) is 13.0 Å². The second kappa shape index (κ2) is 8.80. The molecule has 0 spiro atoms. The summed E-state index contributed by atoms with van der Waals surface area (Å²) in [5.74, 6) is -1.13. The number of hydrogen-bond acceptors (Lipinski definition) is 3. The van der Waals surface area contributed by atoms with E-state index in [1.54, 1.807) is 6.92 Å². The quantitative estimate of drug-likeness (QED) is 0.768. The Balaban J connectivity index is 2.17. The largest absolute Gasteiger partial charge is 0.354 e. The highest BCUT2D eigenvalue weighted by atomic mass is 32.2. The lowest BCUT2D eigenvalue weighted by molar-refractivity contribution is -0.122.